The van der Waals surface area contributed by atoms with Gasteiger partial charge in [0.05, 0.1) is 30.9 Å². The molecule has 0 spiro atoms. The van der Waals surface area contributed by atoms with Gasteiger partial charge in [-0.15, -0.1) is 0 Å². The van der Waals surface area contributed by atoms with Crippen molar-refractivity contribution in [2.75, 3.05) is 14.2 Å². The Hall–Kier alpha value is -2.21. The standard InChI is InChI=1S/C19H23N3O2S/c1-11-13(3)20-16(12(2)18(11)24-6)10-25-19-21-15-8-7-14(23-5)9-17(15)22(19)4/h7-9H,10H2,1-6H3. The fourth-order valence-corrected chi connectivity index (χ4v) is 3.93. The molecule has 0 saturated heterocycles. The number of benzene rings is 1. The highest BCUT2D eigenvalue weighted by Crippen LogP contribution is 2.32. The van der Waals surface area contributed by atoms with Crippen LogP contribution in [0, 0.1) is 20.8 Å². The number of aryl methyl sites for hydroxylation is 2. The van der Waals surface area contributed by atoms with Crippen LogP contribution in [-0.4, -0.2) is 28.8 Å². The van der Waals surface area contributed by atoms with Crippen LogP contribution in [0.1, 0.15) is 22.5 Å². The molecule has 0 saturated carbocycles. The fraction of sp³-hybridized carbons (Fsp3) is 0.368. The molecular weight excluding hydrogens is 334 g/mol. The molecule has 0 aliphatic rings. The van der Waals surface area contributed by atoms with Crippen LogP contribution in [0.25, 0.3) is 11.0 Å². The maximum absolute atomic E-state index is 5.56. The fourth-order valence-electron chi connectivity index (χ4n) is 2.93. The molecule has 0 atom stereocenters. The van der Waals surface area contributed by atoms with Gasteiger partial charge in [0, 0.05) is 35.7 Å². The Kier molecular flexibility index (Phi) is 4.90. The smallest absolute Gasteiger partial charge is 0.169 e. The summed E-state index contributed by atoms with van der Waals surface area (Å²) < 4.78 is 13.0. The molecule has 2 aromatic heterocycles. The number of pyridine rings is 1. The molecule has 0 fully saturated rings. The van der Waals surface area contributed by atoms with E-state index in [1.54, 1.807) is 26.0 Å². The molecule has 3 rings (SSSR count). The van der Waals surface area contributed by atoms with Crippen LogP contribution < -0.4 is 9.47 Å². The van der Waals surface area contributed by atoms with E-state index >= 15 is 0 Å². The summed E-state index contributed by atoms with van der Waals surface area (Å²) in [6.07, 6.45) is 0. The first-order chi connectivity index (χ1) is 12.0. The number of imidazole rings is 1. The van der Waals surface area contributed by atoms with E-state index in [1.165, 1.54) is 0 Å². The van der Waals surface area contributed by atoms with Gasteiger partial charge in [-0.2, -0.15) is 0 Å². The number of methoxy groups -OCH3 is 2. The van der Waals surface area contributed by atoms with Gasteiger partial charge < -0.3 is 14.0 Å². The molecule has 0 radical (unpaired) electrons. The summed E-state index contributed by atoms with van der Waals surface area (Å²) in [6.45, 7) is 6.13. The third-order valence-corrected chi connectivity index (χ3v) is 5.59. The minimum Gasteiger partial charge on any atom is -0.497 e. The summed E-state index contributed by atoms with van der Waals surface area (Å²) in [6, 6.07) is 5.93. The van der Waals surface area contributed by atoms with Gasteiger partial charge in [0.25, 0.3) is 0 Å². The molecule has 0 bridgehead atoms. The van der Waals surface area contributed by atoms with Gasteiger partial charge in [-0.3, -0.25) is 4.98 Å². The van der Waals surface area contributed by atoms with Crippen molar-refractivity contribution in [3.63, 3.8) is 0 Å². The first-order valence-electron chi connectivity index (χ1n) is 8.10. The van der Waals surface area contributed by atoms with Crippen LogP contribution in [0.2, 0.25) is 0 Å². The van der Waals surface area contributed by atoms with Crippen molar-refractivity contribution >= 4 is 22.8 Å². The van der Waals surface area contributed by atoms with E-state index < -0.39 is 0 Å². The van der Waals surface area contributed by atoms with Crippen LogP contribution in [0.3, 0.4) is 0 Å². The van der Waals surface area contributed by atoms with E-state index in [-0.39, 0.29) is 0 Å². The summed E-state index contributed by atoms with van der Waals surface area (Å²) in [5.74, 6) is 2.51. The van der Waals surface area contributed by atoms with Crippen LogP contribution in [-0.2, 0) is 12.8 Å². The van der Waals surface area contributed by atoms with E-state index in [1.807, 2.05) is 39.1 Å². The molecule has 2 heterocycles. The zero-order valence-corrected chi connectivity index (χ0v) is 16.3. The van der Waals surface area contributed by atoms with E-state index in [9.17, 15) is 0 Å². The average Bonchev–Trinajstić information content (AvgIpc) is 2.93. The maximum atomic E-state index is 5.56. The lowest BCUT2D eigenvalue weighted by atomic mass is 10.1. The van der Waals surface area contributed by atoms with Crippen LogP contribution in [0.4, 0.5) is 0 Å². The number of hydrogen-bond donors (Lipinski definition) is 0. The Bertz CT molecular complexity index is 934. The number of hydrogen-bond acceptors (Lipinski definition) is 5. The van der Waals surface area contributed by atoms with Gasteiger partial charge in [0.2, 0.25) is 0 Å². The van der Waals surface area contributed by atoms with Crippen molar-refractivity contribution in [3.05, 3.63) is 40.7 Å². The second-order valence-corrected chi connectivity index (χ2v) is 6.97. The second-order valence-electron chi connectivity index (χ2n) is 6.02. The van der Waals surface area contributed by atoms with Crippen molar-refractivity contribution in [1.29, 1.82) is 0 Å². The molecule has 6 heteroatoms. The predicted octanol–water partition coefficient (Wildman–Crippen LogP) is 4.20. The van der Waals surface area contributed by atoms with Crippen LogP contribution in [0.15, 0.2) is 23.4 Å². The van der Waals surface area contributed by atoms with Crippen molar-refractivity contribution in [2.24, 2.45) is 7.05 Å². The van der Waals surface area contributed by atoms with E-state index in [2.05, 4.69) is 11.5 Å². The zero-order valence-electron chi connectivity index (χ0n) is 15.5. The summed E-state index contributed by atoms with van der Waals surface area (Å²) >= 11 is 1.68. The number of fused-ring (bicyclic) bond motifs is 1. The predicted molar refractivity (Wildman–Crippen MR) is 102 cm³/mol. The lowest BCUT2D eigenvalue weighted by Gasteiger charge is -2.14. The molecule has 0 aliphatic heterocycles. The Morgan fingerprint density at radius 2 is 1.80 bits per heavy atom. The second kappa shape index (κ2) is 6.96. The highest BCUT2D eigenvalue weighted by molar-refractivity contribution is 7.98. The zero-order chi connectivity index (χ0) is 18.1. The van der Waals surface area contributed by atoms with E-state index in [0.29, 0.717) is 0 Å². The first-order valence-corrected chi connectivity index (χ1v) is 9.08. The summed E-state index contributed by atoms with van der Waals surface area (Å²) in [5.41, 5.74) is 6.27. The lowest BCUT2D eigenvalue weighted by molar-refractivity contribution is 0.406. The molecule has 0 unspecified atom stereocenters. The normalized spacial score (nSPS) is 11.1. The highest BCUT2D eigenvalue weighted by Gasteiger charge is 2.15. The van der Waals surface area contributed by atoms with Gasteiger partial charge in [-0.25, -0.2) is 4.98 Å². The van der Waals surface area contributed by atoms with E-state index in [4.69, 9.17) is 19.4 Å². The molecule has 1 aromatic carbocycles. The third kappa shape index (κ3) is 3.18. The Morgan fingerprint density at radius 3 is 2.48 bits per heavy atom. The SMILES string of the molecule is COc1ccc2nc(SCc3nc(C)c(C)c(OC)c3C)n(C)c2c1. The Morgan fingerprint density at radius 1 is 1.04 bits per heavy atom. The molecule has 3 aromatic rings. The largest absolute Gasteiger partial charge is 0.497 e. The lowest BCUT2D eigenvalue weighted by Crippen LogP contribution is -2.03. The van der Waals surface area contributed by atoms with E-state index in [0.717, 1.165) is 56.0 Å². The quantitative estimate of drug-likeness (QED) is 0.641. The number of nitrogens with zero attached hydrogens (tertiary/aromatic N) is 3. The van der Waals surface area contributed by atoms with Gasteiger partial charge in [0.15, 0.2) is 5.16 Å². The van der Waals surface area contributed by atoms with Crippen molar-refractivity contribution in [3.8, 4) is 11.5 Å². The molecule has 0 amide bonds. The number of thioether (sulfide) groups is 1. The Labute approximate surface area is 152 Å². The molecule has 0 N–H and O–H groups in total. The van der Waals surface area contributed by atoms with Gasteiger partial charge in [-0.05, 0) is 32.9 Å². The van der Waals surface area contributed by atoms with Crippen LogP contribution in [0.5, 0.6) is 11.5 Å². The first kappa shape index (κ1) is 17.6. The average molecular weight is 357 g/mol. The topological polar surface area (TPSA) is 49.2 Å². The molecule has 0 aliphatic carbocycles. The number of ether oxygens (including phenoxy) is 2. The van der Waals surface area contributed by atoms with Gasteiger partial charge >= 0.3 is 0 Å². The highest BCUT2D eigenvalue weighted by atomic mass is 32.2. The maximum Gasteiger partial charge on any atom is 0.169 e. The van der Waals surface area contributed by atoms with Crippen molar-refractivity contribution < 1.29 is 9.47 Å². The summed E-state index contributed by atoms with van der Waals surface area (Å²) in [5, 5.41) is 0.960. The number of rotatable bonds is 5. The van der Waals surface area contributed by atoms with Crippen LogP contribution >= 0.6 is 11.8 Å². The minimum absolute atomic E-state index is 0.748. The molecule has 5 nitrogen and oxygen atoms in total. The summed E-state index contributed by atoms with van der Waals surface area (Å²) in [4.78, 5) is 9.48. The van der Waals surface area contributed by atoms with Crippen molar-refractivity contribution in [1.82, 2.24) is 14.5 Å². The minimum atomic E-state index is 0.748. The Balaban J connectivity index is 1.91. The summed E-state index contributed by atoms with van der Waals surface area (Å²) in [7, 11) is 5.41. The third-order valence-electron chi connectivity index (χ3n) is 4.55. The molecular formula is C19H23N3O2S. The monoisotopic (exact) mass is 357 g/mol. The molecule has 132 valence electrons. The number of aromatic nitrogens is 3. The molecule has 25 heavy (non-hydrogen) atoms. The van der Waals surface area contributed by atoms with Crippen molar-refractivity contribution in [2.45, 2.75) is 31.7 Å². The van der Waals surface area contributed by atoms with Gasteiger partial charge in [-0.1, -0.05) is 11.8 Å². The van der Waals surface area contributed by atoms with Gasteiger partial charge in [0.1, 0.15) is 11.5 Å².